The molecular formula is C41H46FN9O4S. The largest absolute Gasteiger partial charge is 0.367 e. The molecule has 56 heavy (non-hydrogen) atoms. The third-order valence-corrected chi connectivity index (χ3v) is 13.1. The number of pyridine rings is 1. The summed E-state index contributed by atoms with van der Waals surface area (Å²) >= 11 is 1.79. The number of piperazine rings is 1. The number of aromatic nitrogens is 3. The van der Waals surface area contributed by atoms with Crippen molar-refractivity contribution in [3.05, 3.63) is 87.6 Å². The van der Waals surface area contributed by atoms with E-state index in [9.17, 15) is 19.2 Å². The van der Waals surface area contributed by atoms with Gasteiger partial charge in [0.1, 0.15) is 17.5 Å². The van der Waals surface area contributed by atoms with E-state index in [1.54, 1.807) is 24.1 Å². The van der Waals surface area contributed by atoms with Gasteiger partial charge >= 0.3 is 0 Å². The molecule has 0 radical (unpaired) electrons. The van der Waals surface area contributed by atoms with Crippen LogP contribution in [-0.4, -0.2) is 97.7 Å². The molecule has 9 rings (SSSR count). The Bertz CT molecular complexity index is 2230. The number of piperidine rings is 2. The first-order chi connectivity index (χ1) is 27.3. The van der Waals surface area contributed by atoms with E-state index in [1.807, 2.05) is 21.7 Å². The molecule has 1 saturated carbocycles. The number of halogens is 1. The van der Waals surface area contributed by atoms with E-state index in [0.717, 1.165) is 82.3 Å². The Morgan fingerprint density at radius 3 is 2.48 bits per heavy atom. The number of hydrogen-bond acceptors (Lipinski definition) is 11. The Morgan fingerprint density at radius 1 is 0.893 bits per heavy atom. The van der Waals surface area contributed by atoms with Gasteiger partial charge in [-0.3, -0.25) is 34.0 Å². The summed E-state index contributed by atoms with van der Waals surface area (Å²) in [4.78, 5) is 66.5. The zero-order valence-corrected chi connectivity index (χ0v) is 32.1. The summed E-state index contributed by atoms with van der Waals surface area (Å²) < 4.78 is 19.7. The lowest BCUT2D eigenvalue weighted by Gasteiger charge is -2.36. The molecule has 1 aliphatic carbocycles. The highest BCUT2D eigenvalue weighted by molar-refractivity contribution is 7.97. The van der Waals surface area contributed by atoms with Gasteiger partial charge in [0.05, 0.1) is 5.69 Å². The normalized spacial score (nSPS) is 21.6. The van der Waals surface area contributed by atoms with Crippen LogP contribution in [0.5, 0.6) is 0 Å². The average Bonchev–Trinajstić information content (AvgIpc) is 3.84. The second-order valence-electron chi connectivity index (χ2n) is 15.7. The number of carbonyl (C=O) groups is 3. The van der Waals surface area contributed by atoms with Gasteiger partial charge in [-0.1, -0.05) is 25.0 Å². The van der Waals surface area contributed by atoms with Gasteiger partial charge in [-0.05, 0) is 85.5 Å². The van der Waals surface area contributed by atoms with Crippen LogP contribution in [0.4, 0.5) is 16.0 Å². The molecule has 2 N–H and O–H groups in total. The van der Waals surface area contributed by atoms with Crippen LogP contribution in [0.2, 0.25) is 0 Å². The average molecular weight is 780 g/mol. The van der Waals surface area contributed by atoms with Gasteiger partial charge in [-0.2, -0.15) is 4.98 Å². The molecule has 0 spiro atoms. The minimum Gasteiger partial charge on any atom is -0.367 e. The fraction of sp³-hybridized carbons (Fsp3) is 0.463. The van der Waals surface area contributed by atoms with Gasteiger partial charge in [-0.25, -0.2) is 13.7 Å². The molecule has 1 unspecified atom stereocenters. The SMILES string of the molecule is O=C1CCC(N2Cc3cc(N4CCN(Cc5cccc(SN6CCC(Nc7ncc8ccc(=O)n(C9CCCC9)c8n7)CC6)c5)CC4)c(F)cc3C2=O)C(=O)N1. The number of hydrogen-bond donors (Lipinski definition) is 2. The molecule has 4 aliphatic heterocycles. The molecular weight excluding hydrogens is 734 g/mol. The molecule has 4 aromatic rings. The van der Waals surface area contributed by atoms with Crippen molar-refractivity contribution < 1.29 is 18.8 Å². The lowest BCUT2D eigenvalue weighted by Crippen LogP contribution is -2.52. The Labute approximate surface area is 328 Å². The van der Waals surface area contributed by atoms with Crippen molar-refractivity contribution in [3.63, 3.8) is 0 Å². The van der Waals surface area contributed by atoms with Crippen LogP contribution in [0.1, 0.15) is 78.9 Å². The number of carbonyl (C=O) groups excluding carboxylic acids is 3. The van der Waals surface area contributed by atoms with Crippen LogP contribution in [0.15, 0.2) is 64.4 Å². The number of nitrogens with one attached hydrogen (secondary N) is 2. The predicted octanol–water partition coefficient (Wildman–Crippen LogP) is 4.71. The third-order valence-electron chi connectivity index (χ3n) is 12.0. The van der Waals surface area contributed by atoms with Crippen LogP contribution in [0, 0.1) is 5.82 Å². The molecule has 15 heteroatoms. The van der Waals surface area contributed by atoms with E-state index in [4.69, 9.17) is 4.98 Å². The standard InChI is InChI=1S/C41H46FN9O4S/c42-33-22-32-28(25-50(40(32)55)34-9-10-36(52)45-39(34)54)21-35(33)48-18-16-47(17-19-48)24-26-4-3-7-31(20-26)56-49-14-12-29(13-15-49)44-41-43-23-27-8-11-37(53)51(38(27)46-41)30-5-1-2-6-30/h3-4,7-8,11,20-23,29-30,34H,1-2,5-6,9-10,12-19,24-25H2,(H,43,44,46)(H,45,52,54). The van der Waals surface area contributed by atoms with Crippen molar-refractivity contribution in [1.82, 2.24) is 34.0 Å². The van der Waals surface area contributed by atoms with Gasteiger partial charge in [-0.15, -0.1) is 0 Å². The maximum Gasteiger partial charge on any atom is 0.255 e. The van der Waals surface area contributed by atoms with Crippen LogP contribution in [0.25, 0.3) is 11.0 Å². The predicted molar refractivity (Wildman–Crippen MR) is 212 cm³/mol. The van der Waals surface area contributed by atoms with Crippen molar-refractivity contribution in [2.75, 3.05) is 49.5 Å². The zero-order chi connectivity index (χ0) is 38.3. The Kier molecular flexibility index (Phi) is 10.2. The highest BCUT2D eigenvalue weighted by atomic mass is 32.2. The number of nitrogens with zero attached hydrogens (tertiary/aromatic N) is 7. The maximum absolute atomic E-state index is 15.4. The Balaban J connectivity index is 0.761. The van der Waals surface area contributed by atoms with E-state index in [1.165, 1.54) is 21.4 Å². The summed E-state index contributed by atoms with van der Waals surface area (Å²) in [6.07, 6.45) is 8.53. The van der Waals surface area contributed by atoms with Crippen LogP contribution >= 0.6 is 11.9 Å². The molecule has 292 valence electrons. The molecule has 0 bridgehead atoms. The van der Waals surface area contributed by atoms with Crippen LogP contribution in [-0.2, 0) is 22.7 Å². The maximum atomic E-state index is 15.4. The third kappa shape index (κ3) is 7.51. The fourth-order valence-electron chi connectivity index (χ4n) is 8.97. The summed E-state index contributed by atoms with van der Waals surface area (Å²) in [6, 6.07) is 15.0. The van der Waals surface area contributed by atoms with Crippen molar-refractivity contribution in [2.45, 2.75) is 87.5 Å². The quantitative estimate of drug-likeness (QED) is 0.181. The van der Waals surface area contributed by atoms with Crippen molar-refractivity contribution in [2.24, 2.45) is 0 Å². The van der Waals surface area contributed by atoms with Gasteiger partial charge in [0.15, 0.2) is 0 Å². The fourth-order valence-corrected chi connectivity index (χ4v) is 10.0. The second-order valence-corrected chi connectivity index (χ2v) is 16.8. The van der Waals surface area contributed by atoms with E-state index in [-0.39, 0.29) is 54.4 Å². The molecule has 1 atom stereocenters. The lowest BCUT2D eigenvalue weighted by molar-refractivity contribution is -0.136. The minimum atomic E-state index is -0.725. The highest BCUT2D eigenvalue weighted by Crippen LogP contribution is 2.34. The van der Waals surface area contributed by atoms with E-state index >= 15 is 4.39 Å². The molecule has 3 amide bonds. The van der Waals surface area contributed by atoms with Gasteiger partial charge < -0.3 is 15.1 Å². The summed E-state index contributed by atoms with van der Waals surface area (Å²) in [7, 11) is 0. The van der Waals surface area contributed by atoms with Gasteiger partial charge in [0, 0.05) is 99.0 Å². The first kappa shape index (κ1) is 36.8. The number of anilines is 2. The first-order valence-corrected chi connectivity index (χ1v) is 20.6. The number of imide groups is 1. The summed E-state index contributed by atoms with van der Waals surface area (Å²) in [5, 5.41) is 6.76. The molecule has 13 nitrogen and oxygen atoms in total. The number of amides is 3. The Morgan fingerprint density at radius 2 is 1.70 bits per heavy atom. The second kappa shape index (κ2) is 15.6. The summed E-state index contributed by atoms with van der Waals surface area (Å²) in [5.41, 5.74) is 3.45. The van der Waals surface area contributed by atoms with Crippen molar-refractivity contribution in [3.8, 4) is 0 Å². The zero-order valence-electron chi connectivity index (χ0n) is 31.3. The molecule has 2 aromatic carbocycles. The first-order valence-electron chi connectivity index (χ1n) is 19.9. The van der Waals surface area contributed by atoms with Crippen LogP contribution in [0.3, 0.4) is 0 Å². The van der Waals surface area contributed by atoms with Gasteiger partial charge in [0.2, 0.25) is 17.8 Å². The van der Waals surface area contributed by atoms with E-state index in [0.29, 0.717) is 30.3 Å². The van der Waals surface area contributed by atoms with Crippen molar-refractivity contribution in [1.29, 1.82) is 0 Å². The van der Waals surface area contributed by atoms with E-state index < -0.39 is 17.8 Å². The van der Waals surface area contributed by atoms with Crippen LogP contribution < -0.4 is 21.1 Å². The molecule has 5 aliphatic rings. The van der Waals surface area contributed by atoms with Gasteiger partial charge in [0.25, 0.3) is 11.5 Å². The monoisotopic (exact) mass is 779 g/mol. The smallest absolute Gasteiger partial charge is 0.255 e. The molecule has 2 aromatic heterocycles. The molecule has 3 saturated heterocycles. The molecule has 6 heterocycles. The topological polar surface area (TPSA) is 136 Å². The number of rotatable bonds is 9. The minimum absolute atomic E-state index is 0.0118. The number of fused-ring (bicyclic) bond motifs is 2. The molecule has 4 fully saturated rings. The Hall–Kier alpha value is -4.86. The lowest BCUT2D eigenvalue weighted by atomic mass is 10.0. The summed E-state index contributed by atoms with van der Waals surface area (Å²) in [6.45, 7) is 5.74. The highest BCUT2D eigenvalue weighted by Gasteiger charge is 2.40. The van der Waals surface area contributed by atoms with Crippen molar-refractivity contribution >= 4 is 52.3 Å². The van der Waals surface area contributed by atoms with E-state index in [2.05, 4.69) is 49.1 Å². The number of benzene rings is 2. The summed E-state index contributed by atoms with van der Waals surface area (Å²) in [5.74, 6) is -1.03.